The molecule has 0 aliphatic rings. The molecule has 0 atom stereocenters. The van der Waals surface area contributed by atoms with E-state index in [1.807, 2.05) is 0 Å². The number of benzene rings is 1. The second-order valence-corrected chi connectivity index (χ2v) is 2.82. The van der Waals surface area contributed by atoms with Crippen molar-refractivity contribution in [1.29, 1.82) is 0 Å². The molecule has 0 aliphatic heterocycles. The lowest BCUT2D eigenvalue weighted by Gasteiger charge is -2.02. The fourth-order valence-electron chi connectivity index (χ4n) is 1.07. The molecule has 72 valence electrons. The molecule has 0 saturated heterocycles. The molecule has 2 rings (SSSR count). The Balaban J connectivity index is 2.22. The van der Waals surface area contributed by atoms with Gasteiger partial charge in [0, 0.05) is 5.69 Å². The van der Waals surface area contributed by atoms with Crippen molar-refractivity contribution in [3.63, 3.8) is 0 Å². The van der Waals surface area contributed by atoms with E-state index in [0.29, 0.717) is 11.5 Å². The molecule has 2 aromatic rings. The number of tetrazole rings is 1. The van der Waals surface area contributed by atoms with Gasteiger partial charge >= 0.3 is 0 Å². The van der Waals surface area contributed by atoms with E-state index in [1.165, 1.54) is 6.07 Å². The van der Waals surface area contributed by atoms with Gasteiger partial charge in [-0.25, -0.2) is 4.39 Å². The van der Waals surface area contributed by atoms with Gasteiger partial charge in [-0.2, -0.15) is 5.21 Å². The van der Waals surface area contributed by atoms with E-state index in [4.69, 9.17) is 0 Å². The quantitative estimate of drug-likeness (QED) is 0.756. The summed E-state index contributed by atoms with van der Waals surface area (Å²) in [6, 6.07) is 4.67. The Kier molecular flexibility index (Phi) is 2.10. The fraction of sp³-hybridized carbons (Fsp3) is 0.125. The number of nitrogens with one attached hydrogen (secondary N) is 2. The molecule has 5 nitrogen and oxygen atoms in total. The molecule has 0 unspecified atom stereocenters. The standard InChI is InChI=1S/C8H8FN5/c1-5-4-6(2-3-7(5)9)10-8-11-13-14-12-8/h2-4H,1H3,(H2,10,11,12,13,14). The maximum atomic E-state index is 12.9. The van der Waals surface area contributed by atoms with Gasteiger partial charge in [-0.15, -0.1) is 5.10 Å². The smallest absolute Gasteiger partial charge is 0.267 e. The highest BCUT2D eigenvalue weighted by Gasteiger charge is 2.01. The number of rotatable bonds is 2. The van der Waals surface area contributed by atoms with Crippen LogP contribution >= 0.6 is 0 Å². The summed E-state index contributed by atoms with van der Waals surface area (Å²) in [5.41, 5.74) is 1.30. The van der Waals surface area contributed by atoms with Crippen LogP contribution in [0.15, 0.2) is 18.2 Å². The normalized spacial score (nSPS) is 10.1. The SMILES string of the molecule is Cc1cc(Nc2nn[nH]n2)ccc1F. The Morgan fingerprint density at radius 1 is 1.43 bits per heavy atom. The van der Waals surface area contributed by atoms with Crippen LogP contribution in [-0.2, 0) is 0 Å². The van der Waals surface area contributed by atoms with Gasteiger partial charge in [-0.3, -0.25) is 0 Å². The minimum Gasteiger partial charge on any atom is -0.322 e. The lowest BCUT2D eigenvalue weighted by atomic mass is 10.2. The van der Waals surface area contributed by atoms with Gasteiger partial charge in [0.25, 0.3) is 5.95 Å². The molecular formula is C8H8FN5. The summed E-state index contributed by atoms with van der Waals surface area (Å²) in [6.45, 7) is 1.69. The van der Waals surface area contributed by atoms with Crippen LogP contribution in [0.4, 0.5) is 16.0 Å². The van der Waals surface area contributed by atoms with Crippen molar-refractivity contribution in [3.05, 3.63) is 29.6 Å². The molecule has 2 N–H and O–H groups in total. The molecule has 0 bridgehead atoms. The van der Waals surface area contributed by atoms with Crippen LogP contribution < -0.4 is 5.32 Å². The first-order valence-electron chi connectivity index (χ1n) is 4.02. The zero-order chi connectivity index (χ0) is 9.97. The summed E-state index contributed by atoms with van der Waals surface area (Å²) in [4.78, 5) is 0. The van der Waals surface area contributed by atoms with E-state index < -0.39 is 0 Å². The Morgan fingerprint density at radius 3 is 2.93 bits per heavy atom. The van der Waals surface area contributed by atoms with E-state index in [2.05, 4.69) is 25.9 Å². The van der Waals surface area contributed by atoms with Gasteiger partial charge in [0.15, 0.2) is 0 Å². The van der Waals surface area contributed by atoms with Crippen molar-refractivity contribution in [2.75, 3.05) is 5.32 Å². The van der Waals surface area contributed by atoms with Crippen LogP contribution in [0.3, 0.4) is 0 Å². The number of aromatic nitrogens is 4. The van der Waals surface area contributed by atoms with E-state index >= 15 is 0 Å². The maximum Gasteiger partial charge on any atom is 0.267 e. The fourth-order valence-corrected chi connectivity index (χ4v) is 1.07. The molecule has 14 heavy (non-hydrogen) atoms. The Labute approximate surface area is 79.3 Å². The second-order valence-electron chi connectivity index (χ2n) is 2.82. The molecule has 0 aliphatic carbocycles. The van der Waals surface area contributed by atoms with Crippen LogP contribution in [-0.4, -0.2) is 20.6 Å². The van der Waals surface area contributed by atoms with Gasteiger partial charge in [-0.1, -0.05) is 5.10 Å². The van der Waals surface area contributed by atoms with Crippen LogP contribution in [0.5, 0.6) is 0 Å². The van der Waals surface area contributed by atoms with Gasteiger partial charge in [0.1, 0.15) is 5.82 Å². The first kappa shape index (κ1) is 8.61. The molecule has 0 spiro atoms. The van der Waals surface area contributed by atoms with E-state index in [1.54, 1.807) is 19.1 Å². The summed E-state index contributed by atoms with van der Waals surface area (Å²) in [6.07, 6.45) is 0. The van der Waals surface area contributed by atoms with Crippen LogP contribution in [0.2, 0.25) is 0 Å². The predicted octanol–water partition coefficient (Wildman–Crippen LogP) is 1.39. The van der Waals surface area contributed by atoms with E-state index in [-0.39, 0.29) is 5.82 Å². The zero-order valence-electron chi connectivity index (χ0n) is 7.45. The number of hydrogen-bond acceptors (Lipinski definition) is 4. The molecule has 0 amide bonds. The van der Waals surface area contributed by atoms with Crippen LogP contribution in [0.25, 0.3) is 0 Å². The van der Waals surface area contributed by atoms with Crippen LogP contribution in [0, 0.1) is 12.7 Å². The molecule has 6 heteroatoms. The van der Waals surface area contributed by atoms with Crippen molar-refractivity contribution in [1.82, 2.24) is 20.6 Å². The van der Waals surface area contributed by atoms with Crippen molar-refractivity contribution < 1.29 is 4.39 Å². The van der Waals surface area contributed by atoms with Crippen molar-refractivity contribution in [2.24, 2.45) is 0 Å². The number of halogens is 1. The zero-order valence-corrected chi connectivity index (χ0v) is 7.45. The number of aromatic amines is 1. The topological polar surface area (TPSA) is 66.5 Å². The minimum atomic E-state index is -0.233. The third kappa shape index (κ3) is 1.68. The van der Waals surface area contributed by atoms with Gasteiger partial charge in [0.2, 0.25) is 0 Å². The minimum absolute atomic E-state index is 0.233. The lowest BCUT2D eigenvalue weighted by Crippen LogP contribution is -1.94. The van der Waals surface area contributed by atoms with Gasteiger partial charge < -0.3 is 5.32 Å². The van der Waals surface area contributed by atoms with Crippen LogP contribution in [0.1, 0.15) is 5.56 Å². The van der Waals surface area contributed by atoms with E-state index in [9.17, 15) is 4.39 Å². The average Bonchev–Trinajstić information content (AvgIpc) is 2.64. The Bertz CT molecular complexity index is 425. The second kappa shape index (κ2) is 3.41. The number of H-pyrrole nitrogens is 1. The van der Waals surface area contributed by atoms with Crippen molar-refractivity contribution in [2.45, 2.75) is 6.92 Å². The molecule has 0 fully saturated rings. The molecule has 0 saturated carbocycles. The third-order valence-corrected chi connectivity index (χ3v) is 1.76. The molecule has 1 aromatic carbocycles. The summed E-state index contributed by atoms with van der Waals surface area (Å²) >= 11 is 0. The Morgan fingerprint density at radius 2 is 2.29 bits per heavy atom. The highest BCUT2D eigenvalue weighted by atomic mass is 19.1. The monoisotopic (exact) mass is 193 g/mol. The number of hydrogen-bond donors (Lipinski definition) is 2. The van der Waals surface area contributed by atoms with Crippen molar-refractivity contribution >= 4 is 11.6 Å². The number of anilines is 2. The summed E-state index contributed by atoms with van der Waals surface area (Å²) in [7, 11) is 0. The van der Waals surface area contributed by atoms with E-state index in [0.717, 1.165) is 5.69 Å². The summed E-state index contributed by atoms with van der Waals surface area (Å²) in [5.74, 6) is 0.125. The summed E-state index contributed by atoms with van der Waals surface area (Å²) in [5, 5.41) is 16.0. The average molecular weight is 193 g/mol. The predicted molar refractivity (Wildman–Crippen MR) is 48.6 cm³/mol. The third-order valence-electron chi connectivity index (χ3n) is 1.76. The molecular weight excluding hydrogens is 185 g/mol. The number of nitrogens with zero attached hydrogens (tertiary/aromatic N) is 3. The lowest BCUT2D eigenvalue weighted by molar-refractivity contribution is 0.619. The number of aryl methyl sites for hydroxylation is 1. The first-order valence-corrected chi connectivity index (χ1v) is 4.02. The molecule has 1 aromatic heterocycles. The van der Waals surface area contributed by atoms with Gasteiger partial charge in [0.05, 0.1) is 0 Å². The Hall–Kier alpha value is -1.98. The molecule has 0 radical (unpaired) electrons. The molecule has 1 heterocycles. The van der Waals surface area contributed by atoms with Crippen molar-refractivity contribution in [3.8, 4) is 0 Å². The summed E-state index contributed by atoms with van der Waals surface area (Å²) < 4.78 is 12.9. The first-order chi connectivity index (χ1) is 6.75. The van der Waals surface area contributed by atoms with Gasteiger partial charge in [-0.05, 0) is 35.9 Å². The largest absolute Gasteiger partial charge is 0.322 e. The highest BCUT2D eigenvalue weighted by molar-refractivity contribution is 5.53. The highest BCUT2D eigenvalue weighted by Crippen LogP contribution is 2.15. The maximum absolute atomic E-state index is 12.9.